The number of hydrogen-bond donors (Lipinski definition) is 2. The molecule has 178 valence electrons. The van der Waals surface area contributed by atoms with Crippen molar-refractivity contribution in [1.29, 1.82) is 0 Å². The van der Waals surface area contributed by atoms with Crippen molar-refractivity contribution in [3.05, 3.63) is 6.07 Å². The number of ether oxygens (including phenoxy) is 1. The molecule has 1 aromatic heterocycles. The third-order valence-corrected chi connectivity index (χ3v) is 7.07. The number of anilines is 3. The molecule has 3 saturated heterocycles. The van der Waals surface area contributed by atoms with E-state index in [1.54, 1.807) is 0 Å². The summed E-state index contributed by atoms with van der Waals surface area (Å²) in [6.07, 6.45) is 6.23. The fourth-order valence-corrected chi connectivity index (χ4v) is 5.11. The Morgan fingerprint density at radius 2 is 1.88 bits per heavy atom. The zero-order valence-corrected chi connectivity index (χ0v) is 20.5. The molecule has 3 aliphatic rings. The minimum atomic E-state index is 0.498. The molecule has 0 aromatic carbocycles. The molecule has 0 saturated carbocycles. The van der Waals surface area contributed by atoms with Crippen molar-refractivity contribution >= 4 is 34.9 Å². The van der Waals surface area contributed by atoms with Gasteiger partial charge in [0.25, 0.3) is 0 Å². The first kappa shape index (κ1) is 23.4. The van der Waals surface area contributed by atoms with E-state index in [2.05, 4.69) is 45.2 Å². The smallest absolute Gasteiger partial charge is 0.232 e. The molecule has 0 bridgehead atoms. The molecule has 32 heavy (non-hydrogen) atoms. The molecule has 9 heteroatoms. The summed E-state index contributed by atoms with van der Waals surface area (Å²) in [6.45, 7) is 13.1. The van der Waals surface area contributed by atoms with E-state index in [4.69, 9.17) is 26.9 Å². The lowest BCUT2D eigenvalue weighted by molar-refractivity contribution is 0.0389. The summed E-state index contributed by atoms with van der Waals surface area (Å²) < 4.78 is 5.42. The number of hydrogen-bond acceptors (Lipinski definition) is 7. The molecule has 3 fully saturated rings. The summed E-state index contributed by atoms with van der Waals surface area (Å²) >= 11 is 5.57. The Labute approximate surface area is 198 Å². The summed E-state index contributed by atoms with van der Waals surface area (Å²) in [5.41, 5.74) is 0. The quantitative estimate of drug-likeness (QED) is 0.622. The van der Waals surface area contributed by atoms with Crippen LogP contribution >= 0.6 is 12.2 Å². The van der Waals surface area contributed by atoms with Gasteiger partial charge in [-0.2, -0.15) is 9.97 Å². The van der Waals surface area contributed by atoms with Gasteiger partial charge in [0.05, 0.1) is 13.2 Å². The van der Waals surface area contributed by atoms with E-state index >= 15 is 0 Å². The predicted molar refractivity (Wildman–Crippen MR) is 135 cm³/mol. The molecule has 2 atom stereocenters. The van der Waals surface area contributed by atoms with Crippen LogP contribution in [0.5, 0.6) is 0 Å². The monoisotopic (exact) mass is 461 g/mol. The second kappa shape index (κ2) is 11.4. The Hall–Kier alpha value is -1.71. The standard InChI is InChI=1S/C23H39N7OS/c1-18-6-5-9-29(17-18)20-16-21(30-10-4-3-7-19(30)2)26-22(25-20)27-23(32)24-8-11-28-12-14-31-15-13-28/h16,18-19H,3-15,17H2,1-2H3,(H2,24,25,26,27,32)/t18-,19+/m0/s1. The van der Waals surface area contributed by atoms with Crippen LogP contribution in [0.4, 0.5) is 17.6 Å². The van der Waals surface area contributed by atoms with Crippen LogP contribution in [0.1, 0.15) is 46.0 Å². The Bertz CT molecular complexity index is 758. The third kappa shape index (κ3) is 6.42. The summed E-state index contributed by atoms with van der Waals surface area (Å²) in [6, 6.07) is 2.68. The van der Waals surface area contributed by atoms with Crippen LogP contribution in [0, 0.1) is 5.92 Å². The first-order chi connectivity index (χ1) is 15.6. The molecule has 0 amide bonds. The van der Waals surface area contributed by atoms with Gasteiger partial charge >= 0.3 is 0 Å². The number of morpholine rings is 1. The Kier molecular flexibility index (Phi) is 8.37. The van der Waals surface area contributed by atoms with Crippen LogP contribution in [-0.2, 0) is 4.74 Å². The van der Waals surface area contributed by atoms with E-state index in [9.17, 15) is 0 Å². The molecule has 4 heterocycles. The molecule has 8 nitrogen and oxygen atoms in total. The average molecular weight is 462 g/mol. The van der Waals surface area contributed by atoms with Crippen molar-refractivity contribution in [3.8, 4) is 0 Å². The van der Waals surface area contributed by atoms with Gasteiger partial charge in [0.1, 0.15) is 11.6 Å². The molecule has 0 unspecified atom stereocenters. The number of rotatable bonds is 6. The topological polar surface area (TPSA) is 68.8 Å². The molecule has 0 radical (unpaired) electrons. The van der Waals surface area contributed by atoms with E-state index in [-0.39, 0.29) is 0 Å². The van der Waals surface area contributed by atoms with Gasteiger partial charge in [-0.3, -0.25) is 4.90 Å². The maximum absolute atomic E-state index is 5.57. The van der Waals surface area contributed by atoms with Crippen LogP contribution in [0.15, 0.2) is 6.07 Å². The SMILES string of the molecule is C[C@H]1CCCN(c2cc(N3CCCC[C@H]3C)nc(NC(=S)NCCN3CCOCC3)n2)C1. The number of piperidine rings is 2. The first-order valence-electron chi connectivity index (χ1n) is 12.3. The largest absolute Gasteiger partial charge is 0.379 e. The normalized spacial score (nSPS) is 24.9. The lowest BCUT2D eigenvalue weighted by atomic mass is 10.0. The molecule has 3 aliphatic heterocycles. The predicted octanol–water partition coefficient (Wildman–Crippen LogP) is 2.71. The van der Waals surface area contributed by atoms with Gasteiger partial charge in [-0.25, -0.2) is 0 Å². The second-order valence-electron chi connectivity index (χ2n) is 9.47. The van der Waals surface area contributed by atoms with Crippen LogP contribution in [0.25, 0.3) is 0 Å². The van der Waals surface area contributed by atoms with Crippen molar-refractivity contribution < 1.29 is 4.74 Å². The second-order valence-corrected chi connectivity index (χ2v) is 9.88. The lowest BCUT2D eigenvalue weighted by Gasteiger charge is -2.36. The van der Waals surface area contributed by atoms with Gasteiger partial charge in [-0.15, -0.1) is 0 Å². The van der Waals surface area contributed by atoms with Gasteiger partial charge < -0.3 is 25.2 Å². The van der Waals surface area contributed by atoms with E-state index in [1.807, 2.05) is 0 Å². The molecule has 1 aromatic rings. The van der Waals surface area contributed by atoms with Crippen molar-refractivity contribution in [2.45, 2.75) is 52.0 Å². The van der Waals surface area contributed by atoms with E-state index in [1.165, 1.54) is 32.1 Å². The van der Waals surface area contributed by atoms with Crippen molar-refractivity contribution in [1.82, 2.24) is 20.2 Å². The van der Waals surface area contributed by atoms with Crippen molar-refractivity contribution in [2.24, 2.45) is 5.92 Å². The van der Waals surface area contributed by atoms with E-state index in [0.717, 1.165) is 70.7 Å². The first-order valence-corrected chi connectivity index (χ1v) is 12.7. The van der Waals surface area contributed by atoms with Crippen molar-refractivity contribution in [3.63, 3.8) is 0 Å². The Morgan fingerprint density at radius 3 is 2.66 bits per heavy atom. The molecule has 0 spiro atoms. The summed E-state index contributed by atoms with van der Waals surface area (Å²) in [7, 11) is 0. The number of aromatic nitrogens is 2. The van der Waals surface area contributed by atoms with Gasteiger partial charge in [-0.1, -0.05) is 6.92 Å². The molecular weight excluding hydrogens is 422 g/mol. The molecule has 0 aliphatic carbocycles. The van der Waals surface area contributed by atoms with Crippen molar-refractivity contribution in [2.75, 3.05) is 74.1 Å². The highest BCUT2D eigenvalue weighted by atomic mass is 32.1. The summed E-state index contributed by atoms with van der Waals surface area (Å²) in [4.78, 5) is 17.0. The molecule has 2 N–H and O–H groups in total. The third-order valence-electron chi connectivity index (χ3n) is 6.82. The van der Waals surface area contributed by atoms with Crippen LogP contribution in [0.3, 0.4) is 0 Å². The van der Waals surface area contributed by atoms with Gasteiger partial charge in [0.2, 0.25) is 5.95 Å². The summed E-state index contributed by atoms with van der Waals surface area (Å²) in [5, 5.41) is 7.17. The highest BCUT2D eigenvalue weighted by Gasteiger charge is 2.24. The van der Waals surface area contributed by atoms with Gasteiger partial charge in [0, 0.05) is 57.9 Å². The van der Waals surface area contributed by atoms with Crippen LogP contribution < -0.4 is 20.4 Å². The number of thiocarbonyl (C=S) groups is 1. The molecular formula is C23H39N7OS. The van der Waals surface area contributed by atoms with E-state index < -0.39 is 0 Å². The zero-order chi connectivity index (χ0) is 22.3. The zero-order valence-electron chi connectivity index (χ0n) is 19.7. The Balaban J connectivity index is 1.43. The maximum Gasteiger partial charge on any atom is 0.232 e. The van der Waals surface area contributed by atoms with Gasteiger partial charge in [0.15, 0.2) is 5.11 Å². The molecule has 4 rings (SSSR count). The van der Waals surface area contributed by atoms with E-state index in [0.29, 0.717) is 23.0 Å². The minimum Gasteiger partial charge on any atom is -0.379 e. The van der Waals surface area contributed by atoms with Crippen LogP contribution in [0.2, 0.25) is 0 Å². The Morgan fingerprint density at radius 1 is 1.06 bits per heavy atom. The fourth-order valence-electron chi connectivity index (χ4n) is 4.92. The lowest BCUT2D eigenvalue weighted by Crippen LogP contribution is -2.42. The van der Waals surface area contributed by atoms with Crippen LogP contribution in [-0.4, -0.2) is 85.0 Å². The van der Waals surface area contributed by atoms with Gasteiger partial charge in [-0.05, 0) is 57.2 Å². The number of nitrogens with zero attached hydrogens (tertiary/aromatic N) is 5. The minimum absolute atomic E-state index is 0.498. The highest BCUT2D eigenvalue weighted by molar-refractivity contribution is 7.80. The highest BCUT2D eigenvalue weighted by Crippen LogP contribution is 2.29. The fraction of sp³-hybridized carbons (Fsp3) is 0.783. The summed E-state index contributed by atoms with van der Waals surface area (Å²) in [5.74, 6) is 3.31. The average Bonchev–Trinajstić information content (AvgIpc) is 2.80. The number of nitrogens with one attached hydrogen (secondary N) is 2. The maximum atomic E-state index is 5.57.